The lowest BCUT2D eigenvalue weighted by atomic mass is 10.00. The highest BCUT2D eigenvalue weighted by Gasteiger charge is 2.19. The van der Waals surface area contributed by atoms with Gasteiger partial charge in [0.05, 0.1) is 6.61 Å². The second-order valence-electron chi connectivity index (χ2n) is 7.29. The molecule has 1 atom stereocenters. The maximum atomic E-state index is 5.18. The molecule has 0 aromatic heterocycles. The van der Waals surface area contributed by atoms with Gasteiger partial charge in [-0.25, -0.2) is 0 Å². The molecule has 0 spiro atoms. The highest BCUT2D eigenvalue weighted by atomic mass is 127. The number of halogens is 1. The van der Waals surface area contributed by atoms with Crippen molar-refractivity contribution < 1.29 is 4.74 Å². The van der Waals surface area contributed by atoms with Crippen molar-refractivity contribution in [2.45, 2.75) is 45.6 Å². The summed E-state index contributed by atoms with van der Waals surface area (Å²) in [6, 6.07) is 9.23. The molecule has 1 aromatic rings. The molecule has 154 valence electrons. The van der Waals surface area contributed by atoms with Gasteiger partial charge in [-0.3, -0.25) is 4.99 Å². The number of ether oxygens (including phenoxy) is 1. The molecule has 0 aliphatic carbocycles. The minimum Gasteiger partial charge on any atom is -0.383 e. The zero-order valence-electron chi connectivity index (χ0n) is 17.3. The Morgan fingerprint density at radius 3 is 2.70 bits per heavy atom. The quantitative estimate of drug-likeness (QED) is 0.335. The first kappa shape index (κ1) is 24.2. The fraction of sp³-hybridized carbons (Fsp3) is 0.667. The predicted molar refractivity (Wildman–Crippen MR) is 125 cm³/mol. The highest BCUT2D eigenvalue weighted by Crippen LogP contribution is 2.16. The molecule has 27 heavy (non-hydrogen) atoms. The maximum absolute atomic E-state index is 5.18. The summed E-state index contributed by atoms with van der Waals surface area (Å²) in [6.07, 6.45) is 2.31. The SMILES string of the molecule is CCNC(=NCC(C)c1cccc(C)c1)NC1CCN(CCOC)CC1.I. The van der Waals surface area contributed by atoms with Gasteiger partial charge in [0.15, 0.2) is 5.96 Å². The van der Waals surface area contributed by atoms with Crippen LogP contribution in [0.2, 0.25) is 0 Å². The Morgan fingerprint density at radius 2 is 2.07 bits per heavy atom. The third-order valence-electron chi connectivity index (χ3n) is 5.02. The number of hydrogen-bond acceptors (Lipinski definition) is 3. The van der Waals surface area contributed by atoms with Crippen molar-refractivity contribution in [3.63, 3.8) is 0 Å². The zero-order valence-corrected chi connectivity index (χ0v) is 19.7. The van der Waals surface area contributed by atoms with Gasteiger partial charge in [0, 0.05) is 51.8 Å². The van der Waals surface area contributed by atoms with Crippen LogP contribution in [0, 0.1) is 6.92 Å². The minimum absolute atomic E-state index is 0. The monoisotopic (exact) mass is 488 g/mol. The molecule has 1 unspecified atom stereocenters. The Bertz CT molecular complexity index is 559. The normalized spacial score (nSPS) is 17.3. The second-order valence-corrected chi connectivity index (χ2v) is 7.29. The van der Waals surface area contributed by atoms with Crippen molar-refractivity contribution in [1.29, 1.82) is 0 Å². The molecule has 2 N–H and O–H groups in total. The van der Waals surface area contributed by atoms with Gasteiger partial charge in [0.25, 0.3) is 0 Å². The summed E-state index contributed by atoms with van der Waals surface area (Å²) < 4.78 is 5.18. The van der Waals surface area contributed by atoms with Crippen LogP contribution in [0.25, 0.3) is 0 Å². The first-order chi connectivity index (χ1) is 12.6. The van der Waals surface area contributed by atoms with Gasteiger partial charge in [0.2, 0.25) is 0 Å². The van der Waals surface area contributed by atoms with Gasteiger partial charge in [-0.05, 0) is 32.3 Å². The third-order valence-corrected chi connectivity index (χ3v) is 5.02. The van der Waals surface area contributed by atoms with E-state index in [1.165, 1.54) is 11.1 Å². The number of nitrogens with one attached hydrogen (secondary N) is 2. The lowest BCUT2D eigenvalue weighted by Crippen LogP contribution is -2.49. The number of methoxy groups -OCH3 is 1. The van der Waals surface area contributed by atoms with E-state index in [-0.39, 0.29) is 24.0 Å². The van der Waals surface area contributed by atoms with Crippen LogP contribution in [0.1, 0.15) is 43.7 Å². The van der Waals surface area contributed by atoms with Gasteiger partial charge in [-0.2, -0.15) is 0 Å². The van der Waals surface area contributed by atoms with Crippen molar-refractivity contribution in [1.82, 2.24) is 15.5 Å². The van der Waals surface area contributed by atoms with Crippen molar-refractivity contribution in [2.24, 2.45) is 4.99 Å². The summed E-state index contributed by atoms with van der Waals surface area (Å²) in [7, 11) is 1.77. The molecule has 1 aromatic carbocycles. The summed E-state index contributed by atoms with van der Waals surface area (Å²) in [5.41, 5.74) is 2.67. The first-order valence-electron chi connectivity index (χ1n) is 9.95. The Balaban J connectivity index is 0.00000364. The number of guanidine groups is 1. The molecule has 6 heteroatoms. The van der Waals surface area contributed by atoms with E-state index < -0.39 is 0 Å². The Hall–Kier alpha value is -0.860. The largest absolute Gasteiger partial charge is 0.383 e. The number of aliphatic imine (C=N–C) groups is 1. The van der Waals surface area contributed by atoms with Crippen molar-refractivity contribution in [3.8, 4) is 0 Å². The molecule has 0 radical (unpaired) electrons. The van der Waals surface area contributed by atoms with Crippen molar-refractivity contribution >= 4 is 29.9 Å². The van der Waals surface area contributed by atoms with Crippen molar-refractivity contribution in [3.05, 3.63) is 35.4 Å². The van der Waals surface area contributed by atoms with Gasteiger partial charge in [0.1, 0.15) is 0 Å². The van der Waals surface area contributed by atoms with Gasteiger partial charge in [-0.1, -0.05) is 36.8 Å². The van der Waals surface area contributed by atoms with E-state index >= 15 is 0 Å². The summed E-state index contributed by atoms with van der Waals surface area (Å²) in [6.45, 7) is 12.3. The van der Waals surface area contributed by atoms with E-state index in [9.17, 15) is 0 Å². The molecule has 1 aliphatic rings. The number of likely N-dealkylation sites (tertiary alicyclic amines) is 1. The lowest BCUT2D eigenvalue weighted by Gasteiger charge is -2.33. The summed E-state index contributed by atoms with van der Waals surface area (Å²) >= 11 is 0. The molecule has 1 fully saturated rings. The van der Waals surface area contributed by atoms with Gasteiger partial charge < -0.3 is 20.3 Å². The van der Waals surface area contributed by atoms with Crippen LogP contribution in [-0.2, 0) is 4.74 Å². The fourth-order valence-corrected chi connectivity index (χ4v) is 3.34. The topological polar surface area (TPSA) is 48.9 Å². The van der Waals surface area contributed by atoms with Crippen LogP contribution in [-0.4, -0.2) is 63.3 Å². The van der Waals surface area contributed by atoms with E-state index in [0.717, 1.165) is 58.1 Å². The zero-order chi connectivity index (χ0) is 18.8. The van der Waals surface area contributed by atoms with Crippen LogP contribution in [0.3, 0.4) is 0 Å². The van der Waals surface area contributed by atoms with Gasteiger partial charge in [-0.15, -0.1) is 24.0 Å². The molecule has 1 saturated heterocycles. The molecule has 1 heterocycles. The van der Waals surface area contributed by atoms with Crippen LogP contribution < -0.4 is 10.6 Å². The lowest BCUT2D eigenvalue weighted by molar-refractivity contribution is 0.128. The number of piperidine rings is 1. The van der Waals surface area contributed by atoms with E-state index in [0.29, 0.717) is 12.0 Å². The highest BCUT2D eigenvalue weighted by molar-refractivity contribution is 14.0. The molecular weight excluding hydrogens is 451 g/mol. The molecule has 2 rings (SSSR count). The molecule has 0 bridgehead atoms. The van der Waals surface area contributed by atoms with Crippen LogP contribution in [0.5, 0.6) is 0 Å². The summed E-state index contributed by atoms with van der Waals surface area (Å²) in [4.78, 5) is 7.32. The molecule has 0 amide bonds. The second kappa shape index (κ2) is 13.3. The molecule has 5 nitrogen and oxygen atoms in total. The Labute approximate surface area is 182 Å². The van der Waals surface area contributed by atoms with Gasteiger partial charge >= 0.3 is 0 Å². The average molecular weight is 488 g/mol. The maximum Gasteiger partial charge on any atom is 0.191 e. The van der Waals surface area contributed by atoms with Crippen molar-refractivity contribution in [2.75, 3.05) is 46.4 Å². The average Bonchev–Trinajstić information content (AvgIpc) is 2.65. The van der Waals surface area contributed by atoms with E-state index in [1.54, 1.807) is 7.11 Å². The number of nitrogens with zero attached hydrogens (tertiary/aromatic N) is 2. The summed E-state index contributed by atoms with van der Waals surface area (Å²) in [5.74, 6) is 1.36. The third kappa shape index (κ3) is 8.79. The smallest absolute Gasteiger partial charge is 0.191 e. The molecule has 1 aliphatic heterocycles. The number of aryl methyl sites for hydroxylation is 1. The number of benzene rings is 1. The first-order valence-corrected chi connectivity index (χ1v) is 9.95. The molecular formula is C21H37IN4O. The summed E-state index contributed by atoms with van der Waals surface area (Å²) in [5, 5.41) is 7.03. The van der Waals surface area contributed by atoms with Crippen LogP contribution in [0.15, 0.2) is 29.3 Å². The predicted octanol–water partition coefficient (Wildman–Crippen LogP) is 3.38. The van der Waals surface area contributed by atoms with Crippen LogP contribution in [0.4, 0.5) is 0 Å². The van der Waals surface area contributed by atoms with Crippen LogP contribution >= 0.6 is 24.0 Å². The number of hydrogen-bond donors (Lipinski definition) is 2. The van der Waals surface area contributed by atoms with E-state index in [1.807, 2.05) is 0 Å². The van der Waals surface area contributed by atoms with E-state index in [4.69, 9.17) is 9.73 Å². The molecule has 0 saturated carbocycles. The van der Waals surface area contributed by atoms with E-state index in [2.05, 4.69) is 60.6 Å². The Kier molecular flexibility index (Phi) is 11.9. The number of rotatable bonds is 8. The standard InChI is InChI=1S/C21H36N4O.HI/c1-5-22-21(23-16-18(3)19-8-6-7-17(2)15-19)24-20-9-11-25(12-10-20)13-14-26-4;/h6-8,15,18,20H,5,9-14,16H2,1-4H3,(H2,22,23,24);1H. The minimum atomic E-state index is 0. The fourth-order valence-electron chi connectivity index (χ4n) is 3.34. The Morgan fingerprint density at radius 1 is 1.33 bits per heavy atom.